The molecule has 1 aliphatic heterocycles. The molecular formula is C17H18N2O. The molecule has 102 valence electrons. The second kappa shape index (κ2) is 4.58. The third-order valence-electron chi connectivity index (χ3n) is 4.61. The largest absolute Gasteiger partial charge is 0.342 e. The van der Waals surface area contributed by atoms with Gasteiger partial charge in [0, 0.05) is 30.6 Å². The van der Waals surface area contributed by atoms with Gasteiger partial charge in [0.25, 0.3) is 0 Å². The Hall–Kier alpha value is -1.90. The van der Waals surface area contributed by atoms with Gasteiger partial charge in [-0.3, -0.25) is 9.78 Å². The topological polar surface area (TPSA) is 33.2 Å². The van der Waals surface area contributed by atoms with E-state index in [1.165, 1.54) is 23.8 Å². The number of rotatable bonds is 2. The van der Waals surface area contributed by atoms with Gasteiger partial charge in [0.1, 0.15) is 0 Å². The minimum Gasteiger partial charge on any atom is -0.342 e. The molecule has 2 atom stereocenters. The Kier molecular flexibility index (Phi) is 2.72. The van der Waals surface area contributed by atoms with Crippen molar-refractivity contribution in [2.45, 2.75) is 25.2 Å². The van der Waals surface area contributed by atoms with E-state index in [-0.39, 0.29) is 5.92 Å². The van der Waals surface area contributed by atoms with E-state index in [9.17, 15) is 4.79 Å². The lowest BCUT2D eigenvalue weighted by Gasteiger charge is -2.15. The van der Waals surface area contributed by atoms with E-state index in [1.807, 2.05) is 29.3 Å². The molecule has 20 heavy (non-hydrogen) atoms. The molecule has 3 heteroatoms. The zero-order chi connectivity index (χ0) is 13.5. The van der Waals surface area contributed by atoms with Crippen molar-refractivity contribution in [3.63, 3.8) is 0 Å². The highest BCUT2D eigenvalue weighted by Gasteiger charge is 2.46. The molecule has 1 saturated carbocycles. The molecule has 0 bridgehead atoms. The number of carbonyl (C=O) groups is 1. The Balaban J connectivity index is 1.61. The molecule has 0 unspecified atom stereocenters. The van der Waals surface area contributed by atoms with Crippen LogP contribution in [0.2, 0.25) is 0 Å². The van der Waals surface area contributed by atoms with Crippen molar-refractivity contribution in [3.05, 3.63) is 42.1 Å². The number of likely N-dealkylation sites (tertiary alicyclic amines) is 1. The number of benzene rings is 1. The lowest BCUT2D eigenvalue weighted by molar-refractivity contribution is -0.131. The van der Waals surface area contributed by atoms with E-state index in [1.54, 1.807) is 0 Å². The summed E-state index contributed by atoms with van der Waals surface area (Å²) < 4.78 is 0. The standard InChI is InChI=1S/C17H18N2O/c20-17(19-9-3-4-10-19)15-11-14(15)12-7-8-18-16-6-2-1-5-13(12)16/h1-2,5-8,14-15H,3-4,9-11H2/t14-,15+/m0/s1. The highest BCUT2D eigenvalue weighted by atomic mass is 16.2. The quantitative estimate of drug-likeness (QED) is 0.837. The van der Waals surface area contributed by atoms with Gasteiger partial charge >= 0.3 is 0 Å². The summed E-state index contributed by atoms with van der Waals surface area (Å²) in [4.78, 5) is 18.9. The number of nitrogens with zero attached hydrogens (tertiary/aromatic N) is 2. The SMILES string of the molecule is O=C([C@@H]1C[C@H]1c1ccnc2ccccc12)N1CCCC1. The number of hydrogen-bond donors (Lipinski definition) is 0. The van der Waals surface area contributed by atoms with Crippen LogP contribution in [0, 0.1) is 5.92 Å². The predicted molar refractivity (Wildman–Crippen MR) is 78.4 cm³/mol. The molecule has 1 amide bonds. The van der Waals surface area contributed by atoms with Gasteiger partial charge in [-0.1, -0.05) is 18.2 Å². The summed E-state index contributed by atoms with van der Waals surface area (Å²) in [5.74, 6) is 0.975. The number of amides is 1. The summed E-state index contributed by atoms with van der Waals surface area (Å²) in [6.07, 6.45) is 5.21. The molecule has 2 aliphatic rings. The molecule has 2 aromatic rings. The highest BCUT2D eigenvalue weighted by Crippen LogP contribution is 2.50. The Morgan fingerprint density at radius 3 is 2.80 bits per heavy atom. The van der Waals surface area contributed by atoms with E-state index in [0.717, 1.165) is 25.0 Å². The first-order valence-corrected chi connectivity index (χ1v) is 7.47. The van der Waals surface area contributed by atoms with Crippen molar-refractivity contribution in [2.24, 2.45) is 5.92 Å². The van der Waals surface area contributed by atoms with Crippen LogP contribution < -0.4 is 0 Å². The van der Waals surface area contributed by atoms with Crippen LogP contribution in [0.15, 0.2) is 36.5 Å². The van der Waals surface area contributed by atoms with Crippen LogP contribution in [-0.4, -0.2) is 28.9 Å². The van der Waals surface area contributed by atoms with Crippen molar-refractivity contribution in [1.82, 2.24) is 9.88 Å². The molecule has 3 nitrogen and oxygen atoms in total. The number of hydrogen-bond acceptors (Lipinski definition) is 2. The van der Waals surface area contributed by atoms with Crippen LogP contribution >= 0.6 is 0 Å². The van der Waals surface area contributed by atoms with Crippen molar-refractivity contribution in [1.29, 1.82) is 0 Å². The molecule has 0 spiro atoms. The number of fused-ring (bicyclic) bond motifs is 1. The van der Waals surface area contributed by atoms with Gasteiger partial charge in [0.2, 0.25) is 5.91 Å². The van der Waals surface area contributed by atoms with E-state index in [0.29, 0.717) is 11.8 Å². The van der Waals surface area contributed by atoms with Crippen molar-refractivity contribution < 1.29 is 4.79 Å². The van der Waals surface area contributed by atoms with Crippen LogP contribution in [-0.2, 0) is 4.79 Å². The van der Waals surface area contributed by atoms with Crippen molar-refractivity contribution in [2.75, 3.05) is 13.1 Å². The average Bonchev–Trinajstić information content (AvgIpc) is 3.09. The first-order valence-electron chi connectivity index (χ1n) is 7.47. The molecule has 0 radical (unpaired) electrons. The maximum atomic E-state index is 12.4. The van der Waals surface area contributed by atoms with Gasteiger partial charge < -0.3 is 4.90 Å². The maximum absolute atomic E-state index is 12.4. The lowest BCUT2D eigenvalue weighted by Crippen LogP contribution is -2.29. The number of pyridine rings is 1. The number of para-hydroxylation sites is 1. The molecule has 1 saturated heterocycles. The molecule has 1 aromatic carbocycles. The fraction of sp³-hybridized carbons (Fsp3) is 0.412. The van der Waals surface area contributed by atoms with E-state index < -0.39 is 0 Å². The number of carbonyl (C=O) groups excluding carboxylic acids is 1. The first kappa shape index (κ1) is 11.9. The van der Waals surface area contributed by atoms with Gasteiger partial charge in [0.15, 0.2) is 0 Å². The maximum Gasteiger partial charge on any atom is 0.226 e. The second-order valence-corrected chi connectivity index (χ2v) is 5.90. The molecule has 2 heterocycles. The lowest BCUT2D eigenvalue weighted by atomic mass is 10.0. The summed E-state index contributed by atoms with van der Waals surface area (Å²) in [5, 5.41) is 1.21. The van der Waals surface area contributed by atoms with Gasteiger partial charge in [-0.2, -0.15) is 0 Å². The number of aromatic nitrogens is 1. The summed E-state index contributed by atoms with van der Waals surface area (Å²) in [6.45, 7) is 1.91. The first-order chi connectivity index (χ1) is 9.84. The van der Waals surface area contributed by atoms with E-state index >= 15 is 0 Å². The van der Waals surface area contributed by atoms with Crippen molar-refractivity contribution >= 4 is 16.8 Å². The molecule has 1 aliphatic carbocycles. The van der Waals surface area contributed by atoms with Crippen LogP contribution in [0.25, 0.3) is 10.9 Å². The van der Waals surface area contributed by atoms with E-state index in [4.69, 9.17) is 0 Å². The molecule has 1 aromatic heterocycles. The van der Waals surface area contributed by atoms with Crippen LogP contribution in [0.4, 0.5) is 0 Å². The third kappa shape index (κ3) is 1.89. The zero-order valence-electron chi connectivity index (χ0n) is 11.5. The highest BCUT2D eigenvalue weighted by molar-refractivity contribution is 5.87. The minimum atomic E-state index is 0.207. The van der Waals surface area contributed by atoms with Crippen molar-refractivity contribution in [3.8, 4) is 0 Å². The molecule has 0 N–H and O–H groups in total. The van der Waals surface area contributed by atoms with Crippen LogP contribution in [0.5, 0.6) is 0 Å². The third-order valence-corrected chi connectivity index (χ3v) is 4.61. The van der Waals surface area contributed by atoms with E-state index in [2.05, 4.69) is 17.1 Å². The monoisotopic (exact) mass is 266 g/mol. The minimum absolute atomic E-state index is 0.207. The fourth-order valence-electron chi connectivity index (χ4n) is 3.42. The molecule has 2 fully saturated rings. The Labute approximate surface area is 118 Å². The Morgan fingerprint density at radius 2 is 1.95 bits per heavy atom. The summed E-state index contributed by atoms with van der Waals surface area (Å²) in [6, 6.07) is 10.3. The van der Waals surface area contributed by atoms with Crippen LogP contribution in [0.1, 0.15) is 30.7 Å². The summed E-state index contributed by atoms with van der Waals surface area (Å²) in [7, 11) is 0. The second-order valence-electron chi connectivity index (χ2n) is 5.90. The van der Waals surface area contributed by atoms with Crippen LogP contribution in [0.3, 0.4) is 0 Å². The fourth-order valence-corrected chi connectivity index (χ4v) is 3.42. The van der Waals surface area contributed by atoms with Gasteiger partial charge in [-0.05, 0) is 42.9 Å². The smallest absolute Gasteiger partial charge is 0.226 e. The van der Waals surface area contributed by atoms with Gasteiger partial charge in [-0.15, -0.1) is 0 Å². The Morgan fingerprint density at radius 1 is 1.15 bits per heavy atom. The predicted octanol–water partition coefficient (Wildman–Crippen LogP) is 2.96. The summed E-state index contributed by atoms with van der Waals surface area (Å²) in [5.41, 5.74) is 2.33. The molecular weight excluding hydrogens is 248 g/mol. The molecule has 4 rings (SSSR count). The Bertz CT molecular complexity index is 656. The summed E-state index contributed by atoms with van der Waals surface area (Å²) >= 11 is 0. The normalized spacial score (nSPS) is 25.1. The average molecular weight is 266 g/mol. The zero-order valence-corrected chi connectivity index (χ0v) is 11.5. The van der Waals surface area contributed by atoms with Gasteiger partial charge in [-0.25, -0.2) is 0 Å². The van der Waals surface area contributed by atoms with Gasteiger partial charge in [0.05, 0.1) is 5.52 Å².